The lowest BCUT2D eigenvalue weighted by Crippen LogP contribution is -2.48. The summed E-state index contributed by atoms with van der Waals surface area (Å²) in [5.41, 5.74) is 4.11. The molecule has 0 aliphatic carbocycles. The summed E-state index contributed by atoms with van der Waals surface area (Å²) in [7, 11) is 0. The highest BCUT2D eigenvalue weighted by atomic mass is 16.2. The number of likely N-dealkylation sites (N-methyl/N-ethyl adjacent to an activating group) is 1. The Morgan fingerprint density at radius 1 is 1.12 bits per heavy atom. The minimum atomic E-state index is 0.0591. The number of fused-ring (bicyclic) bond motifs is 1. The molecule has 5 rings (SSSR count). The van der Waals surface area contributed by atoms with Gasteiger partial charge >= 0.3 is 0 Å². The first-order chi connectivity index (χ1) is 15.7. The highest BCUT2D eigenvalue weighted by molar-refractivity contribution is 5.98. The fourth-order valence-electron chi connectivity index (χ4n) is 4.13. The Hall–Kier alpha value is -3.52. The average molecular weight is 430 g/mol. The van der Waals surface area contributed by atoms with E-state index < -0.39 is 0 Å². The van der Waals surface area contributed by atoms with Gasteiger partial charge in [-0.15, -0.1) is 0 Å². The van der Waals surface area contributed by atoms with E-state index in [1.54, 1.807) is 6.20 Å². The number of H-pyrrole nitrogens is 1. The number of hydrogen-bond donors (Lipinski definition) is 2. The van der Waals surface area contributed by atoms with Gasteiger partial charge in [0, 0.05) is 55.2 Å². The average Bonchev–Trinajstić information content (AvgIpc) is 3.28. The molecule has 8 nitrogen and oxygen atoms in total. The summed E-state index contributed by atoms with van der Waals surface area (Å²) in [4.78, 5) is 33.9. The number of nitrogens with zero attached hydrogens (tertiary/aromatic N) is 5. The molecular weight excluding hydrogens is 402 g/mol. The zero-order chi connectivity index (χ0) is 21.9. The van der Waals surface area contributed by atoms with Crippen LogP contribution in [-0.4, -0.2) is 69.6 Å². The number of benzene rings is 1. The van der Waals surface area contributed by atoms with E-state index in [-0.39, 0.29) is 5.91 Å². The maximum atomic E-state index is 13.0. The van der Waals surface area contributed by atoms with Crippen LogP contribution >= 0.6 is 0 Å². The molecule has 1 fully saturated rings. The molecule has 4 heterocycles. The second kappa shape index (κ2) is 8.92. The molecule has 1 amide bonds. The maximum absolute atomic E-state index is 13.0. The molecule has 0 radical (unpaired) electrons. The Labute approximate surface area is 187 Å². The van der Waals surface area contributed by atoms with Crippen LogP contribution in [0, 0.1) is 0 Å². The second-order valence-electron chi connectivity index (χ2n) is 8.08. The lowest BCUT2D eigenvalue weighted by Gasteiger charge is -2.33. The summed E-state index contributed by atoms with van der Waals surface area (Å²) >= 11 is 0. The number of nitrogens with one attached hydrogen (secondary N) is 2. The Kier molecular flexibility index (Phi) is 5.68. The molecule has 0 spiro atoms. The maximum Gasteiger partial charge on any atom is 0.270 e. The fraction of sp³-hybridized carbons (Fsp3) is 0.333. The number of hydrogen-bond acceptors (Lipinski definition) is 6. The Balaban J connectivity index is 1.32. The van der Waals surface area contributed by atoms with Crippen LogP contribution in [-0.2, 0) is 0 Å². The van der Waals surface area contributed by atoms with Gasteiger partial charge in [-0.1, -0.05) is 13.0 Å². The van der Waals surface area contributed by atoms with Crippen molar-refractivity contribution < 1.29 is 4.79 Å². The van der Waals surface area contributed by atoms with Crippen molar-refractivity contribution in [1.82, 2.24) is 24.8 Å². The smallest absolute Gasteiger partial charge is 0.270 e. The number of aromatic amines is 1. The number of allylic oxidation sites excluding steroid dienone is 1. The highest BCUT2D eigenvalue weighted by Gasteiger charge is 2.22. The van der Waals surface area contributed by atoms with Crippen molar-refractivity contribution in [3.05, 3.63) is 54.0 Å². The fourth-order valence-corrected chi connectivity index (χ4v) is 4.13. The van der Waals surface area contributed by atoms with Gasteiger partial charge in [-0.05, 0) is 49.7 Å². The monoisotopic (exact) mass is 429 g/mol. The van der Waals surface area contributed by atoms with Crippen molar-refractivity contribution in [2.24, 2.45) is 4.99 Å². The summed E-state index contributed by atoms with van der Waals surface area (Å²) in [6.45, 7) is 6.58. The number of carbonyl (C=O) groups excluding carboxylic acids is 1. The molecule has 164 valence electrons. The molecule has 0 atom stereocenters. The first-order valence-electron chi connectivity index (χ1n) is 11.2. The predicted octanol–water partition coefficient (Wildman–Crippen LogP) is 3.68. The number of anilines is 2. The van der Waals surface area contributed by atoms with Gasteiger partial charge in [-0.3, -0.25) is 9.79 Å². The van der Waals surface area contributed by atoms with Crippen molar-refractivity contribution in [2.45, 2.75) is 19.8 Å². The Bertz CT molecular complexity index is 1190. The molecule has 2 N–H and O–H groups in total. The Morgan fingerprint density at radius 3 is 2.78 bits per heavy atom. The van der Waals surface area contributed by atoms with E-state index in [9.17, 15) is 4.79 Å². The van der Waals surface area contributed by atoms with E-state index in [1.807, 2.05) is 41.4 Å². The van der Waals surface area contributed by atoms with Crippen molar-refractivity contribution >= 4 is 40.4 Å². The zero-order valence-electron chi connectivity index (χ0n) is 18.2. The topological polar surface area (TPSA) is 89.5 Å². The summed E-state index contributed by atoms with van der Waals surface area (Å²) < 4.78 is 0. The van der Waals surface area contributed by atoms with Crippen molar-refractivity contribution in [3.8, 4) is 0 Å². The van der Waals surface area contributed by atoms with Crippen LogP contribution in [0.25, 0.3) is 16.6 Å². The lowest BCUT2D eigenvalue weighted by molar-refractivity contribution is 0.0638. The third-order valence-corrected chi connectivity index (χ3v) is 6.00. The quantitative estimate of drug-likeness (QED) is 0.646. The van der Waals surface area contributed by atoms with Crippen molar-refractivity contribution in [2.75, 3.05) is 38.0 Å². The number of amides is 1. The number of aromatic nitrogens is 3. The SMILES string of the molecule is CCN1CCN(C(=O)c2cc3cc(Nc4nccc(C5=CCCC=N5)n4)ccc3[nH]2)CC1. The van der Waals surface area contributed by atoms with E-state index in [1.165, 1.54) is 0 Å². The summed E-state index contributed by atoms with van der Waals surface area (Å²) in [6.07, 6.45) is 7.70. The minimum Gasteiger partial charge on any atom is -0.351 e. The van der Waals surface area contributed by atoms with Gasteiger partial charge in [0.1, 0.15) is 5.69 Å². The number of carbonyl (C=O) groups is 1. The molecule has 2 aliphatic rings. The van der Waals surface area contributed by atoms with Crippen molar-refractivity contribution in [1.29, 1.82) is 0 Å². The van der Waals surface area contributed by atoms with Gasteiger partial charge in [0.2, 0.25) is 5.95 Å². The molecule has 2 aromatic heterocycles. The van der Waals surface area contributed by atoms with Crippen molar-refractivity contribution in [3.63, 3.8) is 0 Å². The minimum absolute atomic E-state index is 0.0591. The first kappa shape index (κ1) is 20.4. The van der Waals surface area contributed by atoms with Gasteiger partial charge in [0.25, 0.3) is 5.91 Å². The van der Waals surface area contributed by atoms with E-state index in [2.05, 4.69) is 43.2 Å². The lowest BCUT2D eigenvalue weighted by atomic mass is 10.2. The zero-order valence-corrected chi connectivity index (χ0v) is 18.2. The second-order valence-corrected chi connectivity index (χ2v) is 8.08. The number of piperazine rings is 1. The van der Waals surface area contributed by atoms with Gasteiger partial charge in [-0.2, -0.15) is 0 Å². The molecule has 32 heavy (non-hydrogen) atoms. The number of rotatable bonds is 5. The summed E-state index contributed by atoms with van der Waals surface area (Å²) in [5.74, 6) is 0.577. The first-order valence-corrected chi connectivity index (χ1v) is 11.2. The van der Waals surface area contributed by atoms with Crippen LogP contribution in [0.2, 0.25) is 0 Å². The van der Waals surface area contributed by atoms with Crippen LogP contribution in [0.3, 0.4) is 0 Å². The summed E-state index contributed by atoms with van der Waals surface area (Å²) in [6, 6.07) is 9.73. The highest BCUT2D eigenvalue weighted by Crippen LogP contribution is 2.24. The molecule has 1 aromatic carbocycles. The third-order valence-electron chi connectivity index (χ3n) is 6.00. The van der Waals surface area contributed by atoms with E-state index in [0.717, 1.165) is 73.5 Å². The predicted molar refractivity (Wildman–Crippen MR) is 127 cm³/mol. The number of aliphatic imine (C=N–C) groups is 1. The van der Waals surface area contributed by atoms with E-state index >= 15 is 0 Å². The Morgan fingerprint density at radius 2 is 2.00 bits per heavy atom. The molecule has 3 aromatic rings. The molecule has 0 bridgehead atoms. The van der Waals surface area contributed by atoms with Crippen LogP contribution in [0.1, 0.15) is 35.9 Å². The largest absolute Gasteiger partial charge is 0.351 e. The third kappa shape index (κ3) is 4.27. The van der Waals surface area contributed by atoms with Gasteiger partial charge in [-0.25, -0.2) is 9.97 Å². The molecular formula is C24H27N7O. The molecule has 0 unspecified atom stereocenters. The van der Waals surface area contributed by atoms with Crippen LogP contribution in [0.4, 0.5) is 11.6 Å². The van der Waals surface area contributed by atoms with E-state index in [4.69, 9.17) is 0 Å². The standard InChI is InChI=1S/C24H27N7O/c1-2-30-11-13-31(14-12-30)23(32)22-16-17-15-18(6-7-19(17)28-22)27-24-26-10-8-21(29-24)20-5-3-4-9-25-20/h5-10,15-16,28H,2-4,11-14H2,1H3,(H,26,27,29). The van der Waals surface area contributed by atoms with Gasteiger partial charge in [0.05, 0.1) is 11.4 Å². The molecule has 2 aliphatic heterocycles. The summed E-state index contributed by atoms with van der Waals surface area (Å²) in [5, 5.41) is 4.25. The molecule has 0 saturated carbocycles. The van der Waals surface area contributed by atoms with E-state index in [0.29, 0.717) is 11.6 Å². The van der Waals surface area contributed by atoms with Crippen LogP contribution in [0.5, 0.6) is 0 Å². The van der Waals surface area contributed by atoms with Crippen LogP contribution < -0.4 is 5.32 Å². The van der Waals surface area contributed by atoms with Gasteiger partial charge < -0.3 is 20.1 Å². The normalized spacial score (nSPS) is 16.9. The van der Waals surface area contributed by atoms with Gasteiger partial charge in [0.15, 0.2) is 0 Å². The molecule has 1 saturated heterocycles. The van der Waals surface area contributed by atoms with Crippen LogP contribution in [0.15, 0.2) is 47.6 Å². The molecule has 8 heteroatoms.